The van der Waals surface area contributed by atoms with E-state index in [1.807, 2.05) is 18.7 Å². The molecule has 1 nitrogen and oxygen atoms in total. The number of hydrogen-bond donors (Lipinski definition) is 1. The van der Waals surface area contributed by atoms with Crippen LogP contribution in [0.15, 0.2) is 27.6 Å². The van der Waals surface area contributed by atoms with Crippen molar-refractivity contribution in [1.82, 2.24) is 0 Å². The van der Waals surface area contributed by atoms with E-state index in [0.29, 0.717) is 0 Å². The quantitative estimate of drug-likeness (QED) is 0.804. The van der Waals surface area contributed by atoms with Crippen LogP contribution in [0.2, 0.25) is 0 Å². The number of nitrogens with two attached hydrogens (primary N) is 1. The molecule has 2 atom stereocenters. The molecule has 0 aliphatic rings. The molecular formula is C13H20BrNS. The summed E-state index contributed by atoms with van der Waals surface area (Å²) in [7, 11) is 0. The predicted molar refractivity (Wildman–Crippen MR) is 76.9 cm³/mol. The lowest BCUT2D eigenvalue weighted by Gasteiger charge is -2.11. The second-order valence-electron chi connectivity index (χ2n) is 4.30. The third-order valence-corrected chi connectivity index (χ3v) is 4.70. The van der Waals surface area contributed by atoms with Crippen LogP contribution in [0.5, 0.6) is 0 Å². The Hall–Kier alpha value is 0.01000. The maximum Gasteiger partial charge on any atom is 0.0277 e. The van der Waals surface area contributed by atoms with Gasteiger partial charge < -0.3 is 5.73 Å². The molecule has 0 heterocycles. The van der Waals surface area contributed by atoms with Gasteiger partial charge in [0.25, 0.3) is 0 Å². The van der Waals surface area contributed by atoms with Crippen LogP contribution in [0.3, 0.4) is 0 Å². The van der Waals surface area contributed by atoms with Crippen LogP contribution in [0.4, 0.5) is 0 Å². The topological polar surface area (TPSA) is 26.0 Å². The number of halogens is 1. The number of hydrogen-bond acceptors (Lipinski definition) is 2. The van der Waals surface area contributed by atoms with Crippen LogP contribution in [0, 0.1) is 5.92 Å². The maximum absolute atomic E-state index is 5.87. The molecule has 16 heavy (non-hydrogen) atoms. The molecule has 0 aliphatic carbocycles. The lowest BCUT2D eigenvalue weighted by molar-refractivity contribution is 0.637. The largest absolute Gasteiger partial charge is 0.324 e. The molecule has 90 valence electrons. The summed E-state index contributed by atoms with van der Waals surface area (Å²) in [6, 6.07) is 6.54. The standard InChI is InChI=1S/C13H20BrNS/c1-4-9(2)8-16-11-5-6-12(10(3)15)13(14)7-11/h5-7,9-10H,4,8,15H2,1-3H3. The van der Waals surface area contributed by atoms with Crippen molar-refractivity contribution in [1.29, 1.82) is 0 Å². The minimum Gasteiger partial charge on any atom is -0.324 e. The zero-order valence-electron chi connectivity index (χ0n) is 10.2. The lowest BCUT2D eigenvalue weighted by atomic mass is 10.1. The highest BCUT2D eigenvalue weighted by Crippen LogP contribution is 2.29. The molecule has 0 aliphatic heterocycles. The van der Waals surface area contributed by atoms with Gasteiger partial charge in [-0.1, -0.05) is 42.3 Å². The van der Waals surface area contributed by atoms with E-state index in [-0.39, 0.29) is 6.04 Å². The molecule has 2 N–H and O–H groups in total. The minimum atomic E-state index is 0.0861. The molecule has 0 spiro atoms. The van der Waals surface area contributed by atoms with Crippen molar-refractivity contribution in [3.05, 3.63) is 28.2 Å². The summed E-state index contributed by atoms with van der Waals surface area (Å²) < 4.78 is 1.12. The summed E-state index contributed by atoms with van der Waals surface area (Å²) in [4.78, 5) is 1.32. The molecule has 0 radical (unpaired) electrons. The maximum atomic E-state index is 5.87. The Balaban J connectivity index is 2.66. The van der Waals surface area contributed by atoms with Crippen molar-refractivity contribution in [3.8, 4) is 0 Å². The van der Waals surface area contributed by atoms with Crippen LogP contribution >= 0.6 is 27.7 Å². The Labute approximate surface area is 111 Å². The molecule has 3 heteroatoms. The van der Waals surface area contributed by atoms with Crippen LogP contribution in [0.25, 0.3) is 0 Å². The van der Waals surface area contributed by atoms with Crippen molar-refractivity contribution in [3.63, 3.8) is 0 Å². The Morgan fingerprint density at radius 1 is 1.38 bits per heavy atom. The van der Waals surface area contributed by atoms with Gasteiger partial charge in [0.1, 0.15) is 0 Å². The third kappa shape index (κ3) is 4.11. The van der Waals surface area contributed by atoms with Crippen molar-refractivity contribution in [2.45, 2.75) is 38.1 Å². The fourth-order valence-electron chi connectivity index (χ4n) is 1.32. The summed E-state index contributed by atoms with van der Waals surface area (Å²) in [6.07, 6.45) is 1.24. The summed E-state index contributed by atoms with van der Waals surface area (Å²) in [6.45, 7) is 6.53. The van der Waals surface area contributed by atoms with Crippen LogP contribution < -0.4 is 5.73 Å². The van der Waals surface area contributed by atoms with Crippen molar-refractivity contribution in [2.24, 2.45) is 11.7 Å². The van der Waals surface area contributed by atoms with Gasteiger partial charge in [-0.15, -0.1) is 11.8 Å². The second-order valence-corrected chi connectivity index (χ2v) is 6.24. The molecule has 1 aromatic carbocycles. The summed E-state index contributed by atoms with van der Waals surface area (Å²) >= 11 is 5.50. The first-order valence-corrected chi connectivity index (χ1v) is 7.50. The Kier molecular flexibility index (Phi) is 5.87. The third-order valence-electron chi connectivity index (χ3n) is 2.69. The molecule has 0 aromatic heterocycles. The summed E-state index contributed by atoms with van der Waals surface area (Å²) in [5.41, 5.74) is 7.05. The zero-order chi connectivity index (χ0) is 12.1. The summed E-state index contributed by atoms with van der Waals surface area (Å²) in [5.74, 6) is 1.96. The van der Waals surface area contributed by atoms with Crippen LogP contribution in [0.1, 0.15) is 38.8 Å². The average Bonchev–Trinajstić information content (AvgIpc) is 2.25. The van der Waals surface area contributed by atoms with E-state index in [0.717, 1.165) is 10.4 Å². The van der Waals surface area contributed by atoms with Gasteiger partial charge in [0.15, 0.2) is 0 Å². The van der Waals surface area contributed by atoms with Crippen LogP contribution in [-0.2, 0) is 0 Å². The second kappa shape index (κ2) is 6.67. The van der Waals surface area contributed by atoms with E-state index in [1.54, 1.807) is 0 Å². The highest BCUT2D eigenvalue weighted by atomic mass is 79.9. The molecule has 0 fully saturated rings. The van der Waals surface area contributed by atoms with E-state index < -0.39 is 0 Å². The Morgan fingerprint density at radius 2 is 2.06 bits per heavy atom. The number of rotatable bonds is 5. The highest BCUT2D eigenvalue weighted by molar-refractivity contribution is 9.10. The van der Waals surface area contributed by atoms with Crippen molar-refractivity contribution >= 4 is 27.7 Å². The zero-order valence-corrected chi connectivity index (χ0v) is 12.6. The SMILES string of the molecule is CCC(C)CSc1ccc(C(C)N)c(Br)c1. The molecule has 2 unspecified atom stereocenters. The van der Waals surface area contributed by atoms with E-state index in [9.17, 15) is 0 Å². The summed E-state index contributed by atoms with van der Waals surface area (Å²) in [5, 5.41) is 0. The molecule has 0 saturated carbocycles. The first-order valence-electron chi connectivity index (χ1n) is 5.72. The normalized spacial score (nSPS) is 14.8. The van der Waals surface area contributed by atoms with E-state index in [2.05, 4.69) is 48.0 Å². The van der Waals surface area contributed by atoms with Crippen LogP contribution in [-0.4, -0.2) is 5.75 Å². The Morgan fingerprint density at radius 3 is 2.56 bits per heavy atom. The van der Waals surface area contributed by atoms with Gasteiger partial charge in [0.2, 0.25) is 0 Å². The van der Waals surface area contributed by atoms with E-state index in [1.165, 1.54) is 22.6 Å². The predicted octanol–water partition coefficient (Wildman–Crippen LogP) is 4.61. The highest BCUT2D eigenvalue weighted by Gasteiger charge is 2.06. The van der Waals surface area contributed by atoms with Gasteiger partial charge in [0, 0.05) is 21.2 Å². The molecule has 0 amide bonds. The van der Waals surface area contributed by atoms with Gasteiger partial charge in [-0.2, -0.15) is 0 Å². The van der Waals surface area contributed by atoms with Gasteiger partial charge in [-0.3, -0.25) is 0 Å². The Bertz CT molecular complexity index is 339. The van der Waals surface area contributed by atoms with Crippen molar-refractivity contribution in [2.75, 3.05) is 5.75 Å². The molecule has 1 rings (SSSR count). The smallest absolute Gasteiger partial charge is 0.0277 e. The van der Waals surface area contributed by atoms with E-state index >= 15 is 0 Å². The molecule has 0 saturated heterocycles. The number of benzene rings is 1. The van der Waals surface area contributed by atoms with Gasteiger partial charge in [-0.05, 0) is 30.5 Å². The van der Waals surface area contributed by atoms with Gasteiger partial charge in [0.05, 0.1) is 0 Å². The lowest BCUT2D eigenvalue weighted by Crippen LogP contribution is -2.05. The van der Waals surface area contributed by atoms with Crippen molar-refractivity contribution < 1.29 is 0 Å². The molecule has 1 aromatic rings. The van der Waals surface area contributed by atoms with Gasteiger partial charge >= 0.3 is 0 Å². The first-order chi connectivity index (χ1) is 7.54. The molecular weight excluding hydrogens is 282 g/mol. The van der Waals surface area contributed by atoms with Gasteiger partial charge in [-0.25, -0.2) is 0 Å². The first kappa shape index (κ1) is 14.1. The minimum absolute atomic E-state index is 0.0861. The fraction of sp³-hybridized carbons (Fsp3) is 0.538. The average molecular weight is 302 g/mol. The van der Waals surface area contributed by atoms with E-state index in [4.69, 9.17) is 5.73 Å². The fourth-order valence-corrected chi connectivity index (χ4v) is 3.29. The monoisotopic (exact) mass is 301 g/mol. The number of thioether (sulfide) groups is 1. The molecule has 0 bridgehead atoms.